The number of halogens is 3. The highest BCUT2D eigenvalue weighted by Crippen LogP contribution is 2.28. The fourth-order valence-electron chi connectivity index (χ4n) is 2.11. The Morgan fingerprint density at radius 3 is 2.55 bits per heavy atom. The van der Waals surface area contributed by atoms with Crippen LogP contribution in [-0.2, 0) is 6.61 Å². The minimum atomic E-state index is -4.30. The normalized spacial score (nSPS) is 11.8. The number of fused-ring (bicyclic) bond motifs is 1. The van der Waals surface area contributed by atoms with Gasteiger partial charge in [0, 0.05) is 11.9 Å². The summed E-state index contributed by atoms with van der Waals surface area (Å²) in [4.78, 5) is 5.32. The van der Waals surface area contributed by atoms with E-state index in [1.54, 1.807) is 37.3 Å². The molecule has 108 valence electrons. The van der Waals surface area contributed by atoms with Crippen molar-refractivity contribution in [3.63, 3.8) is 0 Å². The number of rotatable bonds is 4. The van der Waals surface area contributed by atoms with Crippen LogP contribution in [0.4, 0.5) is 19.0 Å². The predicted molar refractivity (Wildman–Crippen MR) is 71.6 cm³/mol. The lowest BCUT2D eigenvalue weighted by molar-refractivity contribution is -0.119. The largest absolute Gasteiger partial charge is 0.405 e. The van der Waals surface area contributed by atoms with Gasteiger partial charge in [0.05, 0.1) is 12.3 Å². The van der Waals surface area contributed by atoms with Gasteiger partial charge in [-0.1, -0.05) is 24.3 Å². The Morgan fingerprint density at radius 2 is 1.95 bits per heavy atom. The van der Waals surface area contributed by atoms with Crippen molar-refractivity contribution in [3.8, 4) is 0 Å². The number of anilines is 1. The third kappa shape index (κ3) is 3.19. The molecule has 0 aliphatic rings. The molecule has 0 fully saturated rings. The van der Waals surface area contributed by atoms with Crippen molar-refractivity contribution in [1.29, 1.82) is 0 Å². The molecule has 0 saturated heterocycles. The van der Waals surface area contributed by atoms with Gasteiger partial charge in [-0.25, -0.2) is 4.98 Å². The maximum atomic E-state index is 12.6. The Balaban J connectivity index is 2.55. The first-order valence-corrected chi connectivity index (χ1v) is 6.26. The summed E-state index contributed by atoms with van der Waals surface area (Å²) in [5.41, 5.74) is 0.360. The Labute approximate surface area is 114 Å². The molecule has 0 unspecified atom stereocenters. The van der Waals surface area contributed by atoms with Gasteiger partial charge in [0.15, 0.2) is 0 Å². The highest BCUT2D eigenvalue weighted by atomic mass is 19.4. The van der Waals surface area contributed by atoms with Crippen molar-refractivity contribution in [2.24, 2.45) is 0 Å². The summed E-state index contributed by atoms with van der Waals surface area (Å²) in [6.45, 7) is 0.468. The first-order chi connectivity index (χ1) is 9.44. The second-order valence-corrected chi connectivity index (χ2v) is 4.45. The van der Waals surface area contributed by atoms with Crippen LogP contribution in [0.15, 0.2) is 30.3 Å². The molecule has 2 aromatic rings. The molecule has 0 aliphatic heterocycles. The van der Waals surface area contributed by atoms with Gasteiger partial charge in [-0.3, -0.25) is 0 Å². The third-order valence-electron chi connectivity index (χ3n) is 2.99. The highest BCUT2D eigenvalue weighted by molar-refractivity contribution is 5.92. The summed E-state index contributed by atoms with van der Waals surface area (Å²) in [6, 6.07) is 8.76. The van der Waals surface area contributed by atoms with Gasteiger partial charge in [0.1, 0.15) is 12.4 Å². The molecule has 1 aromatic heterocycles. The van der Waals surface area contributed by atoms with Gasteiger partial charge in [-0.2, -0.15) is 13.2 Å². The van der Waals surface area contributed by atoms with E-state index in [4.69, 9.17) is 0 Å². The van der Waals surface area contributed by atoms with E-state index in [1.807, 2.05) is 0 Å². The number of nitrogens with zero attached hydrogens (tertiary/aromatic N) is 2. The van der Waals surface area contributed by atoms with Crippen molar-refractivity contribution < 1.29 is 18.3 Å². The monoisotopic (exact) mass is 284 g/mol. The molecule has 1 N–H and O–H groups in total. The molecule has 3 nitrogen and oxygen atoms in total. The molecule has 2 rings (SSSR count). The number of hydrogen-bond donors (Lipinski definition) is 1. The van der Waals surface area contributed by atoms with Gasteiger partial charge >= 0.3 is 6.18 Å². The molecule has 0 aliphatic carbocycles. The zero-order valence-corrected chi connectivity index (χ0v) is 11.0. The zero-order chi connectivity index (χ0) is 14.8. The summed E-state index contributed by atoms with van der Waals surface area (Å²) in [5, 5.41) is 10.6. The first-order valence-electron chi connectivity index (χ1n) is 6.26. The second kappa shape index (κ2) is 5.66. The molecule has 0 spiro atoms. The Hall–Kier alpha value is -1.82. The lowest BCUT2D eigenvalue weighted by Gasteiger charge is -2.25. The van der Waals surface area contributed by atoms with Gasteiger partial charge in [0.2, 0.25) is 0 Å². The van der Waals surface area contributed by atoms with Crippen molar-refractivity contribution >= 4 is 16.6 Å². The number of hydrogen-bond acceptors (Lipinski definition) is 3. The van der Waals surface area contributed by atoms with Crippen LogP contribution in [0.1, 0.15) is 12.6 Å². The van der Waals surface area contributed by atoms with Gasteiger partial charge in [-0.15, -0.1) is 0 Å². The van der Waals surface area contributed by atoms with Crippen molar-refractivity contribution in [2.45, 2.75) is 19.7 Å². The number of pyridine rings is 1. The minimum absolute atomic E-state index is 0.186. The summed E-state index contributed by atoms with van der Waals surface area (Å²) in [7, 11) is 0. The molecule has 0 atom stereocenters. The number of alkyl halides is 3. The number of aromatic nitrogens is 1. The summed E-state index contributed by atoms with van der Waals surface area (Å²) < 4.78 is 37.9. The number of aliphatic hydroxyl groups is 1. The van der Waals surface area contributed by atoms with E-state index in [2.05, 4.69) is 4.98 Å². The third-order valence-corrected chi connectivity index (χ3v) is 2.99. The molecule has 1 aromatic carbocycles. The average molecular weight is 284 g/mol. The van der Waals surface area contributed by atoms with Crippen LogP contribution in [0.5, 0.6) is 0 Å². The summed E-state index contributed by atoms with van der Waals surface area (Å²) >= 11 is 0. The quantitative estimate of drug-likeness (QED) is 0.937. The average Bonchev–Trinajstić information content (AvgIpc) is 2.42. The topological polar surface area (TPSA) is 36.4 Å². The molecule has 20 heavy (non-hydrogen) atoms. The molecular formula is C14H15F3N2O. The maximum Gasteiger partial charge on any atom is 0.405 e. The molecule has 6 heteroatoms. The lowest BCUT2D eigenvalue weighted by atomic mass is 10.1. The Morgan fingerprint density at radius 1 is 1.25 bits per heavy atom. The minimum Gasteiger partial charge on any atom is -0.390 e. The molecular weight excluding hydrogens is 269 g/mol. The fraction of sp³-hybridized carbons (Fsp3) is 0.357. The number of benzene rings is 1. The Bertz CT molecular complexity index is 598. The molecule has 0 saturated carbocycles. The van der Waals surface area contributed by atoms with Crippen molar-refractivity contribution in [2.75, 3.05) is 18.0 Å². The SMILES string of the molecule is CCN(CC(F)(F)F)c1nc(CO)cc2ccccc12. The van der Waals surface area contributed by atoms with E-state index in [9.17, 15) is 18.3 Å². The van der Waals surface area contributed by atoms with E-state index >= 15 is 0 Å². The van der Waals surface area contributed by atoms with Crippen LogP contribution in [0.25, 0.3) is 10.8 Å². The smallest absolute Gasteiger partial charge is 0.390 e. The van der Waals surface area contributed by atoms with E-state index in [0.29, 0.717) is 11.1 Å². The maximum absolute atomic E-state index is 12.6. The van der Waals surface area contributed by atoms with E-state index < -0.39 is 12.7 Å². The molecule has 0 amide bonds. The number of aliphatic hydroxyl groups excluding tert-OH is 1. The highest BCUT2D eigenvalue weighted by Gasteiger charge is 2.31. The zero-order valence-electron chi connectivity index (χ0n) is 11.0. The predicted octanol–water partition coefficient (Wildman–Crippen LogP) is 3.12. The standard InChI is InChI=1S/C14H15F3N2O/c1-2-19(9-14(15,16)17)13-12-6-4-3-5-10(12)7-11(8-20)18-13/h3-7,20H,2,8-9H2,1H3. The van der Waals surface area contributed by atoms with E-state index in [-0.39, 0.29) is 19.0 Å². The van der Waals surface area contributed by atoms with Crippen LogP contribution < -0.4 is 4.90 Å². The lowest BCUT2D eigenvalue weighted by Crippen LogP contribution is -2.35. The molecule has 0 radical (unpaired) electrons. The van der Waals surface area contributed by atoms with Crippen LogP contribution in [-0.4, -0.2) is 29.4 Å². The van der Waals surface area contributed by atoms with Crippen LogP contribution in [0.2, 0.25) is 0 Å². The van der Waals surface area contributed by atoms with Crippen LogP contribution in [0.3, 0.4) is 0 Å². The van der Waals surface area contributed by atoms with Gasteiger partial charge in [0.25, 0.3) is 0 Å². The molecule has 1 heterocycles. The Kier molecular flexibility index (Phi) is 4.13. The fourth-order valence-corrected chi connectivity index (χ4v) is 2.11. The summed E-state index contributed by atoms with van der Waals surface area (Å²) in [5.74, 6) is 0.256. The van der Waals surface area contributed by atoms with Gasteiger partial charge < -0.3 is 10.0 Å². The van der Waals surface area contributed by atoms with Crippen LogP contribution >= 0.6 is 0 Å². The van der Waals surface area contributed by atoms with Crippen molar-refractivity contribution in [1.82, 2.24) is 4.98 Å². The van der Waals surface area contributed by atoms with E-state index in [1.165, 1.54) is 4.90 Å². The molecule has 0 bridgehead atoms. The van der Waals surface area contributed by atoms with Crippen LogP contribution in [0, 0.1) is 0 Å². The first kappa shape index (κ1) is 14.6. The second-order valence-electron chi connectivity index (χ2n) is 4.45. The van der Waals surface area contributed by atoms with Gasteiger partial charge in [-0.05, 0) is 18.4 Å². The summed E-state index contributed by atoms with van der Waals surface area (Å²) in [6.07, 6.45) is -4.30. The van der Waals surface area contributed by atoms with E-state index in [0.717, 1.165) is 5.39 Å². The van der Waals surface area contributed by atoms with Crippen molar-refractivity contribution in [3.05, 3.63) is 36.0 Å².